The van der Waals surface area contributed by atoms with E-state index in [9.17, 15) is 0 Å². The van der Waals surface area contributed by atoms with Crippen LogP contribution in [0.1, 0.15) is 25.7 Å². The maximum atomic E-state index is 8.89. The first-order valence-corrected chi connectivity index (χ1v) is 4.97. The van der Waals surface area contributed by atoms with Gasteiger partial charge in [-0.1, -0.05) is 12.2 Å². The van der Waals surface area contributed by atoms with Crippen molar-refractivity contribution < 1.29 is 14.6 Å². The van der Waals surface area contributed by atoms with Gasteiger partial charge in [0.05, 0.1) is 18.8 Å². The van der Waals surface area contributed by atoms with E-state index >= 15 is 0 Å². The highest BCUT2D eigenvalue weighted by Gasteiger charge is 2.34. The Morgan fingerprint density at radius 2 is 1.62 bits per heavy atom. The van der Waals surface area contributed by atoms with Crippen molar-refractivity contribution in [3.8, 4) is 0 Å². The van der Waals surface area contributed by atoms with Gasteiger partial charge in [-0.25, -0.2) is 0 Å². The molecular weight excluding hydrogens is 168 g/mol. The zero-order valence-corrected chi connectivity index (χ0v) is 7.69. The maximum absolute atomic E-state index is 8.89. The number of fused-ring (bicyclic) bond motifs is 1. The van der Waals surface area contributed by atoms with Crippen molar-refractivity contribution in [2.75, 3.05) is 6.61 Å². The minimum absolute atomic E-state index is 0.0274. The summed E-state index contributed by atoms with van der Waals surface area (Å²) in [6.45, 7) is -0.0274. The summed E-state index contributed by atoms with van der Waals surface area (Å²) in [6.07, 6.45) is 8.55. The molecule has 74 valence electrons. The van der Waals surface area contributed by atoms with Crippen molar-refractivity contribution in [2.45, 2.75) is 44.2 Å². The van der Waals surface area contributed by atoms with Gasteiger partial charge < -0.3 is 14.6 Å². The van der Waals surface area contributed by atoms with Crippen LogP contribution in [0.25, 0.3) is 0 Å². The van der Waals surface area contributed by atoms with Crippen molar-refractivity contribution >= 4 is 0 Å². The third kappa shape index (κ3) is 2.10. The Kier molecular flexibility index (Phi) is 2.98. The van der Waals surface area contributed by atoms with Crippen molar-refractivity contribution in [3.05, 3.63) is 12.2 Å². The minimum Gasteiger partial charge on any atom is -0.391 e. The lowest BCUT2D eigenvalue weighted by molar-refractivity contribution is -0.0958. The third-order valence-electron chi connectivity index (χ3n) is 2.62. The van der Waals surface area contributed by atoms with Gasteiger partial charge in [0.2, 0.25) is 0 Å². The Labute approximate surface area is 78.3 Å². The van der Waals surface area contributed by atoms with Crippen molar-refractivity contribution in [1.82, 2.24) is 0 Å². The van der Waals surface area contributed by atoms with Crippen LogP contribution >= 0.6 is 0 Å². The van der Waals surface area contributed by atoms with Crippen molar-refractivity contribution in [1.29, 1.82) is 0 Å². The first kappa shape index (κ1) is 9.19. The topological polar surface area (TPSA) is 38.7 Å². The lowest BCUT2D eigenvalue weighted by Gasteiger charge is -2.16. The lowest BCUT2D eigenvalue weighted by atomic mass is 10.0. The van der Waals surface area contributed by atoms with Gasteiger partial charge in [0.1, 0.15) is 0 Å². The van der Waals surface area contributed by atoms with Gasteiger partial charge in [0.15, 0.2) is 6.29 Å². The highest BCUT2D eigenvalue weighted by atomic mass is 16.7. The molecule has 3 atom stereocenters. The van der Waals surface area contributed by atoms with E-state index in [1.54, 1.807) is 0 Å². The standard InChI is InChI=1S/C10H16O3/c11-7-10-12-8-5-3-1-2-4-6-9(8)13-10/h1-2,8-11H,3-7H2/b2-1-/t8-,9+,10?. The van der Waals surface area contributed by atoms with Gasteiger partial charge in [0.25, 0.3) is 0 Å². The van der Waals surface area contributed by atoms with Crippen LogP contribution in [-0.2, 0) is 9.47 Å². The molecule has 1 heterocycles. The Morgan fingerprint density at radius 1 is 1.08 bits per heavy atom. The van der Waals surface area contributed by atoms with Crippen LogP contribution in [0.15, 0.2) is 12.2 Å². The Balaban J connectivity index is 1.95. The van der Waals surface area contributed by atoms with Crippen LogP contribution < -0.4 is 0 Å². The van der Waals surface area contributed by atoms with Crippen molar-refractivity contribution in [2.24, 2.45) is 0 Å². The molecule has 1 aliphatic heterocycles. The number of aliphatic hydroxyl groups is 1. The lowest BCUT2D eigenvalue weighted by Crippen LogP contribution is -2.22. The van der Waals surface area contributed by atoms with Crippen LogP contribution in [0.4, 0.5) is 0 Å². The molecule has 3 heteroatoms. The summed E-state index contributed by atoms with van der Waals surface area (Å²) < 4.78 is 11.1. The SMILES string of the molecule is OCC1O[C@H]2CC/C=C\CC[C@H]2O1. The predicted molar refractivity (Wildman–Crippen MR) is 48.2 cm³/mol. The summed E-state index contributed by atoms with van der Waals surface area (Å²) in [6, 6.07) is 0. The fraction of sp³-hybridized carbons (Fsp3) is 0.800. The molecule has 3 nitrogen and oxygen atoms in total. The predicted octanol–water partition coefficient (Wildman–Crippen LogP) is 1.22. The quantitative estimate of drug-likeness (QED) is 0.623. The Hall–Kier alpha value is -0.380. The second-order valence-electron chi connectivity index (χ2n) is 3.59. The summed E-state index contributed by atoms with van der Waals surface area (Å²) in [5, 5.41) is 8.89. The molecule has 0 aromatic rings. The summed E-state index contributed by atoms with van der Waals surface area (Å²) in [5.41, 5.74) is 0. The zero-order valence-electron chi connectivity index (χ0n) is 7.69. The largest absolute Gasteiger partial charge is 0.391 e. The van der Waals surface area contributed by atoms with Crippen LogP contribution in [0, 0.1) is 0 Å². The summed E-state index contributed by atoms with van der Waals surface area (Å²) in [7, 11) is 0. The summed E-state index contributed by atoms with van der Waals surface area (Å²) in [4.78, 5) is 0. The second-order valence-corrected chi connectivity index (χ2v) is 3.59. The van der Waals surface area contributed by atoms with E-state index in [1.807, 2.05) is 0 Å². The van der Waals surface area contributed by atoms with Crippen LogP contribution in [0.5, 0.6) is 0 Å². The highest BCUT2D eigenvalue weighted by Crippen LogP contribution is 2.27. The Morgan fingerprint density at radius 3 is 2.08 bits per heavy atom. The molecular formula is C10H16O3. The van der Waals surface area contributed by atoms with Gasteiger partial charge in [-0.05, 0) is 25.7 Å². The summed E-state index contributed by atoms with van der Waals surface area (Å²) >= 11 is 0. The number of allylic oxidation sites excluding steroid dienone is 2. The number of aliphatic hydroxyl groups excluding tert-OH is 1. The molecule has 0 bridgehead atoms. The van der Waals surface area contributed by atoms with Gasteiger partial charge in [-0.3, -0.25) is 0 Å². The highest BCUT2D eigenvalue weighted by molar-refractivity contribution is 4.90. The van der Waals surface area contributed by atoms with Crippen LogP contribution in [0.3, 0.4) is 0 Å². The van der Waals surface area contributed by atoms with E-state index in [1.165, 1.54) is 0 Å². The maximum Gasteiger partial charge on any atom is 0.181 e. The normalized spacial score (nSPS) is 42.1. The zero-order chi connectivity index (χ0) is 9.10. The monoisotopic (exact) mass is 184 g/mol. The number of hydrogen-bond donors (Lipinski definition) is 1. The van der Waals surface area contributed by atoms with Crippen molar-refractivity contribution in [3.63, 3.8) is 0 Å². The number of ether oxygens (including phenoxy) is 2. The smallest absolute Gasteiger partial charge is 0.181 e. The first-order chi connectivity index (χ1) is 6.40. The van der Waals surface area contributed by atoms with E-state index in [4.69, 9.17) is 14.6 Å². The second kappa shape index (κ2) is 4.22. The first-order valence-electron chi connectivity index (χ1n) is 4.97. The van der Waals surface area contributed by atoms with Crippen LogP contribution in [-0.4, -0.2) is 30.2 Å². The van der Waals surface area contributed by atoms with Crippen LogP contribution in [0.2, 0.25) is 0 Å². The molecule has 2 aliphatic rings. The average Bonchev–Trinajstić information content (AvgIpc) is 2.47. The van der Waals surface area contributed by atoms with E-state index in [2.05, 4.69) is 12.2 Å². The number of rotatable bonds is 1. The molecule has 0 saturated carbocycles. The van der Waals surface area contributed by atoms with Gasteiger partial charge in [0, 0.05) is 0 Å². The summed E-state index contributed by atoms with van der Waals surface area (Å²) in [5.74, 6) is 0. The van der Waals surface area contributed by atoms with E-state index in [0.717, 1.165) is 25.7 Å². The molecule has 1 aliphatic carbocycles. The molecule has 1 unspecified atom stereocenters. The molecule has 0 aromatic carbocycles. The molecule has 1 N–H and O–H groups in total. The molecule has 0 amide bonds. The molecule has 0 radical (unpaired) electrons. The average molecular weight is 184 g/mol. The molecule has 0 spiro atoms. The fourth-order valence-corrected chi connectivity index (χ4v) is 1.95. The molecule has 1 fully saturated rings. The van der Waals surface area contributed by atoms with E-state index in [-0.39, 0.29) is 25.1 Å². The fourth-order valence-electron chi connectivity index (χ4n) is 1.95. The van der Waals surface area contributed by atoms with E-state index in [0.29, 0.717) is 0 Å². The molecule has 2 rings (SSSR count). The van der Waals surface area contributed by atoms with E-state index < -0.39 is 0 Å². The molecule has 1 saturated heterocycles. The van der Waals surface area contributed by atoms with Gasteiger partial charge >= 0.3 is 0 Å². The van der Waals surface area contributed by atoms with Gasteiger partial charge in [-0.2, -0.15) is 0 Å². The molecule has 13 heavy (non-hydrogen) atoms. The number of hydrogen-bond acceptors (Lipinski definition) is 3. The molecule has 0 aromatic heterocycles. The third-order valence-corrected chi connectivity index (χ3v) is 2.62. The minimum atomic E-state index is -0.381. The Bertz CT molecular complexity index is 173. The van der Waals surface area contributed by atoms with Gasteiger partial charge in [-0.15, -0.1) is 0 Å².